The second-order valence-corrected chi connectivity index (χ2v) is 5.09. The van der Waals surface area contributed by atoms with Crippen molar-refractivity contribution in [3.8, 4) is 0 Å². The van der Waals surface area contributed by atoms with Crippen LogP contribution in [0.4, 0.5) is 0 Å². The van der Waals surface area contributed by atoms with Crippen LogP contribution in [0.3, 0.4) is 0 Å². The number of rotatable bonds is 7. The maximum absolute atomic E-state index is 11.0. The molecule has 5 nitrogen and oxygen atoms in total. The number of benzene rings is 1. The van der Waals surface area contributed by atoms with E-state index < -0.39 is 12.1 Å². The Labute approximate surface area is 138 Å². The fraction of sp³-hybridized carbons (Fsp3) is 0.556. The molecule has 0 amide bonds. The monoisotopic (exact) mass is 324 g/mol. The lowest BCUT2D eigenvalue weighted by Crippen LogP contribution is -2.19. The van der Waals surface area contributed by atoms with E-state index in [4.69, 9.17) is 9.84 Å². The molecule has 1 rings (SSSR count). The fourth-order valence-electron chi connectivity index (χ4n) is 1.51. The zero-order chi connectivity index (χ0) is 17.7. The first-order valence-corrected chi connectivity index (χ1v) is 8.01. The van der Waals surface area contributed by atoms with Crippen molar-refractivity contribution in [2.45, 2.75) is 59.2 Å². The second kappa shape index (κ2) is 12.6. The van der Waals surface area contributed by atoms with Crippen LogP contribution in [0, 0.1) is 0 Å². The van der Waals surface area contributed by atoms with Crippen molar-refractivity contribution in [2.24, 2.45) is 0 Å². The number of aliphatic hydroxyl groups is 1. The van der Waals surface area contributed by atoms with Gasteiger partial charge in [-0.2, -0.15) is 0 Å². The Bertz CT molecular complexity index is 442. The minimum absolute atomic E-state index is 0.145. The zero-order valence-electron chi connectivity index (χ0n) is 14.5. The van der Waals surface area contributed by atoms with E-state index in [2.05, 4.69) is 4.74 Å². The number of aliphatic hydroxyl groups excluding tert-OH is 1. The third kappa shape index (κ3) is 10.5. The normalized spacial score (nSPS) is 12.4. The van der Waals surface area contributed by atoms with Crippen molar-refractivity contribution in [1.82, 2.24) is 0 Å². The number of hydrogen-bond donors (Lipinski definition) is 1. The molecular formula is C18H28O5. The molecule has 0 radical (unpaired) electrons. The molecule has 1 N–H and O–H groups in total. The molecule has 0 bridgehead atoms. The van der Waals surface area contributed by atoms with Crippen LogP contribution in [-0.2, 0) is 19.1 Å². The van der Waals surface area contributed by atoms with Gasteiger partial charge >= 0.3 is 11.9 Å². The third-order valence-electron chi connectivity index (χ3n) is 2.95. The largest absolute Gasteiger partial charge is 0.464 e. The van der Waals surface area contributed by atoms with E-state index in [1.807, 2.05) is 44.2 Å². The van der Waals surface area contributed by atoms with E-state index in [9.17, 15) is 9.59 Å². The molecule has 0 aromatic heterocycles. The Morgan fingerprint density at radius 1 is 1.13 bits per heavy atom. The molecule has 130 valence electrons. The van der Waals surface area contributed by atoms with Crippen LogP contribution in [0.15, 0.2) is 30.3 Å². The Balaban J connectivity index is 0.000000438. The molecule has 0 saturated heterocycles. The van der Waals surface area contributed by atoms with Gasteiger partial charge in [0.1, 0.15) is 12.2 Å². The van der Waals surface area contributed by atoms with Crippen molar-refractivity contribution in [2.75, 3.05) is 6.61 Å². The van der Waals surface area contributed by atoms with Crippen LogP contribution in [0.2, 0.25) is 0 Å². The first kappa shape index (κ1) is 21.1. The maximum atomic E-state index is 11.0. The lowest BCUT2D eigenvalue weighted by atomic mass is 10.1. The molecule has 0 aliphatic heterocycles. The molecule has 0 saturated carbocycles. The van der Waals surface area contributed by atoms with Gasteiger partial charge in [-0.15, -0.1) is 0 Å². The summed E-state index contributed by atoms with van der Waals surface area (Å²) in [5.74, 6) is -0.690. The number of carbonyl (C=O) groups excluding carboxylic acids is 2. The van der Waals surface area contributed by atoms with Gasteiger partial charge in [-0.25, -0.2) is 4.79 Å². The molecule has 1 aromatic carbocycles. The van der Waals surface area contributed by atoms with Gasteiger partial charge in [-0.1, -0.05) is 50.6 Å². The van der Waals surface area contributed by atoms with Gasteiger partial charge in [0.15, 0.2) is 0 Å². The second-order valence-electron chi connectivity index (χ2n) is 5.09. The molecule has 1 unspecified atom stereocenters. The highest BCUT2D eigenvalue weighted by atomic mass is 16.5. The molecule has 5 heteroatoms. The molecule has 0 aliphatic carbocycles. The minimum Gasteiger partial charge on any atom is -0.464 e. The van der Waals surface area contributed by atoms with Crippen LogP contribution in [0.25, 0.3) is 0 Å². The minimum atomic E-state index is -0.989. The first-order chi connectivity index (χ1) is 10.9. The van der Waals surface area contributed by atoms with E-state index in [1.54, 1.807) is 6.92 Å². The summed E-state index contributed by atoms with van der Waals surface area (Å²) in [4.78, 5) is 21.5. The topological polar surface area (TPSA) is 72.8 Å². The zero-order valence-corrected chi connectivity index (χ0v) is 14.5. The predicted molar refractivity (Wildman–Crippen MR) is 88.8 cm³/mol. The number of ether oxygens (including phenoxy) is 2. The number of carbonyl (C=O) groups is 2. The van der Waals surface area contributed by atoms with Gasteiger partial charge in [-0.05, 0) is 25.8 Å². The van der Waals surface area contributed by atoms with Crippen LogP contribution >= 0.6 is 0 Å². The van der Waals surface area contributed by atoms with Crippen LogP contribution in [0.5, 0.6) is 0 Å². The smallest absolute Gasteiger partial charge is 0.334 e. The lowest BCUT2D eigenvalue weighted by Gasteiger charge is -2.12. The van der Waals surface area contributed by atoms with Crippen molar-refractivity contribution in [3.63, 3.8) is 0 Å². The summed E-state index contributed by atoms with van der Waals surface area (Å²) in [5.41, 5.74) is 1.03. The quantitative estimate of drug-likeness (QED) is 0.614. The standard InChI is InChI=1S/C11H14O2.C7H14O3/c1-3-11(12)13-9(2)10-7-5-4-6-8-10;1-3-4-5-10-7(9)6(2)8/h4-9H,3H2,1-2H3;6,8H,3-5H2,1-2H3/t;6-/m.0/s1. The summed E-state index contributed by atoms with van der Waals surface area (Å²) in [6.45, 7) is 7.49. The predicted octanol–water partition coefficient (Wildman–Crippen LogP) is 3.41. The van der Waals surface area contributed by atoms with Crippen LogP contribution < -0.4 is 0 Å². The number of hydrogen-bond acceptors (Lipinski definition) is 5. The lowest BCUT2D eigenvalue weighted by molar-refractivity contribution is -0.152. The summed E-state index contributed by atoms with van der Waals surface area (Å²) in [5, 5.41) is 8.65. The van der Waals surface area contributed by atoms with E-state index >= 15 is 0 Å². The van der Waals surface area contributed by atoms with Gasteiger partial charge in [0.05, 0.1) is 6.61 Å². The molecule has 0 aliphatic rings. The van der Waals surface area contributed by atoms with Gasteiger partial charge in [-0.3, -0.25) is 4.79 Å². The summed E-state index contributed by atoms with van der Waals surface area (Å²) < 4.78 is 9.80. The average molecular weight is 324 g/mol. The summed E-state index contributed by atoms with van der Waals surface area (Å²) in [7, 11) is 0. The summed E-state index contributed by atoms with van der Waals surface area (Å²) in [6, 6.07) is 9.72. The molecule has 0 fully saturated rings. The van der Waals surface area contributed by atoms with Gasteiger partial charge in [0.25, 0.3) is 0 Å². The maximum Gasteiger partial charge on any atom is 0.334 e. The highest BCUT2D eigenvalue weighted by molar-refractivity contribution is 5.73. The van der Waals surface area contributed by atoms with E-state index in [1.165, 1.54) is 6.92 Å². The number of esters is 2. The Kier molecular flexibility index (Phi) is 11.6. The van der Waals surface area contributed by atoms with Crippen LogP contribution in [-0.4, -0.2) is 29.8 Å². The highest BCUT2D eigenvalue weighted by Gasteiger charge is 2.09. The Morgan fingerprint density at radius 2 is 1.74 bits per heavy atom. The van der Waals surface area contributed by atoms with Gasteiger partial charge < -0.3 is 14.6 Å². The molecule has 1 aromatic rings. The Hall–Kier alpha value is -1.88. The number of unbranched alkanes of at least 4 members (excludes halogenated alkanes) is 1. The first-order valence-electron chi connectivity index (χ1n) is 8.01. The van der Waals surface area contributed by atoms with Crippen molar-refractivity contribution in [1.29, 1.82) is 0 Å². The average Bonchev–Trinajstić information content (AvgIpc) is 2.56. The third-order valence-corrected chi connectivity index (χ3v) is 2.95. The Morgan fingerprint density at radius 3 is 2.22 bits per heavy atom. The van der Waals surface area contributed by atoms with Gasteiger partial charge in [0.2, 0.25) is 0 Å². The molecular weight excluding hydrogens is 296 g/mol. The van der Waals surface area contributed by atoms with Gasteiger partial charge in [0, 0.05) is 6.42 Å². The summed E-state index contributed by atoms with van der Waals surface area (Å²) >= 11 is 0. The molecule has 2 atom stereocenters. The van der Waals surface area contributed by atoms with Crippen molar-refractivity contribution >= 4 is 11.9 Å². The van der Waals surface area contributed by atoms with E-state index in [-0.39, 0.29) is 12.1 Å². The SMILES string of the molecule is CCC(=O)OC(C)c1ccccc1.CCCCOC(=O)[C@H](C)O. The van der Waals surface area contributed by atoms with Crippen molar-refractivity contribution < 1.29 is 24.2 Å². The molecule has 23 heavy (non-hydrogen) atoms. The van der Waals surface area contributed by atoms with E-state index in [0.29, 0.717) is 13.0 Å². The fourth-order valence-corrected chi connectivity index (χ4v) is 1.51. The molecule has 0 heterocycles. The van der Waals surface area contributed by atoms with E-state index in [0.717, 1.165) is 18.4 Å². The van der Waals surface area contributed by atoms with Crippen LogP contribution in [0.1, 0.15) is 58.6 Å². The summed E-state index contributed by atoms with van der Waals surface area (Å²) in [6.07, 6.45) is 1.15. The highest BCUT2D eigenvalue weighted by Crippen LogP contribution is 2.16. The van der Waals surface area contributed by atoms with Crippen molar-refractivity contribution in [3.05, 3.63) is 35.9 Å². The molecule has 0 spiro atoms.